The summed E-state index contributed by atoms with van der Waals surface area (Å²) in [5.41, 5.74) is -0.419. The van der Waals surface area contributed by atoms with Crippen molar-refractivity contribution in [2.75, 3.05) is 34.5 Å². The summed E-state index contributed by atoms with van der Waals surface area (Å²) in [5, 5.41) is 11.6. The standard InChI is InChI=1S/C18H24N2O7/c1-5-9-27-16-11-14(20(22)23)12(10-15(16)24-2)17(21)19-8-6-7-13(19)18(25-3)26-4/h5,10-11,13,18H,1,6-9H2,2-4H3. The van der Waals surface area contributed by atoms with Crippen LogP contribution in [0.15, 0.2) is 24.8 Å². The molecule has 0 radical (unpaired) electrons. The highest BCUT2D eigenvalue weighted by molar-refractivity contribution is 5.99. The van der Waals surface area contributed by atoms with Gasteiger partial charge >= 0.3 is 0 Å². The lowest BCUT2D eigenvalue weighted by Crippen LogP contribution is -2.44. The normalized spacial score (nSPS) is 16.4. The van der Waals surface area contributed by atoms with Gasteiger partial charge in [-0.25, -0.2) is 0 Å². The molecule has 1 unspecified atom stereocenters. The van der Waals surface area contributed by atoms with Crippen LogP contribution in [0.5, 0.6) is 11.5 Å². The first-order valence-corrected chi connectivity index (χ1v) is 8.45. The summed E-state index contributed by atoms with van der Waals surface area (Å²) >= 11 is 0. The van der Waals surface area contributed by atoms with E-state index in [1.54, 1.807) is 4.90 Å². The maximum atomic E-state index is 13.1. The number of carbonyl (C=O) groups is 1. The second kappa shape index (κ2) is 9.33. The number of methoxy groups -OCH3 is 3. The van der Waals surface area contributed by atoms with E-state index in [-0.39, 0.29) is 35.4 Å². The van der Waals surface area contributed by atoms with Crippen molar-refractivity contribution >= 4 is 11.6 Å². The number of hydrogen-bond acceptors (Lipinski definition) is 7. The van der Waals surface area contributed by atoms with Crippen LogP contribution < -0.4 is 9.47 Å². The molecule has 9 heteroatoms. The number of nitrogens with zero attached hydrogens (tertiary/aromatic N) is 2. The van der Waals surface area contributed by atoms with E-state index in [9.17, 15) is 14.9 Å². The van der Waals surface area contributed by atoms with E-state index in [0.29, 0.717) is 13.0 Å². The highest BCUT2D eigenvalue weighted by Crippen LogP contribution is 2.36. The molecule has 1 amide bonds. The molecule has 1 aliphatic heterocycles. The van der Waals surface area contributed by atoms with Gasteiger partial charge < -0.3 is 23.8 Å². The van der Waals surface area contributed by atoms with Crippen LogP contribution in [0.3, 0.4) is 0 Å². The smallest absolute Gasteiger partial charge is 0.286 e. The van der Waals surface area contributed by atoms with Crippen molar-refractivity contribution in [3.05, 3.63) is 40.5 Å². The Hall–Kier alpha value is -2.65. The second-order valence-electron chi connectivity index (χ2n) is 5.92. The molecule has 0 spiro atoms. The topological polar surface area (TPSA) is 100 Å². The summed E-state index contributed by atoms with van der Waals surface area (Å²) in [6.07, 6.45) is 2.34. The minimum absolute atomic E-state index is 0.0688. The fourth-order valence-electron chi connectivity index (χ4n) is 3.19. The van der Waals surface area contributed by atoms with Gasteiger partial charge in [-0.05, 0) is 12.8 Å². The van der Waals surface area contributed by atoms with Gasteiger partial charge in [-0.15, -0.1) is 0 Å². The zero-order valence-electron chi connectivity index (χ0n) is 15.7. The zero-order valence-corrected chi connectivity index (χ0v) is 15.7. The van der Waals surface area contributed by atoms with Crippen molar-refractivity contribution in [1.82, 2.24) is 4.90 Å². The first-order chi connectivity index (χ1) is 13.0. The molecule has 0 saturated carbocycles. The van der Waals surface area contributed by atoms with Crippen molar-refractivity contribution in [3.8, 4) is 11.5 Å². The SMILES string of the molecule is C=CCOc1cc([N+](=O)[O-])c(C(=O)N2CCCC2C(OC)OC)cc1OC. The summed E-state index contributed by atoms with van der Waals surface area (Å²) in [7, 11) is 4.39. The molecule has 1 saturated heterocycles. The molecule has 0 aliphatic carbocycles. The summed E-state index contributed by atoms with van der Waals surface area (Å²) in [6, 6.07) is 2.21. The van der Waals surface area contributed by atoms with Crippen LogP contribution >= 0.6 is 0 Å². The number of benzene rings is 1. The molecule has 1 atom stereocenters. The number of nitro groups is 1. The molecule has 0 bridgehead atoms. The molecule has 1 heterocycles. The van der Waals surface area contributed by atoms with Crippen molar-refractivity contribution < 1.29 is 28.7 Å². The average Bonchev–Trinajstić information content (AvgIpc) is 3.15. The molecule has 1 aliphatic rings. The Kier molecular flexibility index (Phi) is 7.14. The van der Waals surface area contributed by atoms with Gasteiger partial charge in [-0.1, -0.05) is 12.7 Å². The van der Waals surface area contributed by atoms with Crippen LogP contribution in [0.1, 0.15) is 23.2 Å². The van der Waals surface area contributed by atoms with E-state index in [1.165, 1.54) is 39.5 Å². The van der Waals surface area contributed by atoms with Gasteiger partial charge in [0.1, 0.15) is 12.2 Å². The predicted octanol–water partition coefficient (Wildman–Crippen LogP) is 2.39. The van der Waals surface area contributed by atoms with Gasteiger partial charge in [0.2, 0.25) is 0 Å². The third-order valence-electron chi connectivity index (χ3n) is 4.40. The highest BCUT2D eigenvalue weighted by atomic mass is 16.7. The van der Waals surface area contributed by atoms with Gasteiger partial charge in [0.05, 0.1) is 24.1 Å². The number of likely N-dealkylation sites (tertiary alicyclic amines) is 1. The fraction of sp³-hybridized carbons (Fsp3) is 0.500. The van der Waals surface area contributed by atoms with Gasteiger partial charge in [0.25, 0.3) is 11.6 Å². The van der Waals surface area contributed by atoms with E-state index >= 15 is 0 Å². The summed E-state index contributed by atoms with van der Waals surface area (Å²) in [5.74, 6) is -0.0706. The lowest BCUT2D eigenvalue weighted by Gasteiger charge is -2.29. The van der Waals surface area contributed by atoms with E-state index < -0.39 is 17.1 Å². The first-order valence-electron chi connectivity index (χ1n) is 8.45. The molecular formula is C18H24N2O7. The fourth-order valence-corrected chi connectivity index (χ4v) is 3.19. The number of hydrogen-bond donors (Lipinski definition) is 0. The number of ether oxygens (including phenoxy) is 4. The lowest BCUT2D eigenvalue weighted by atomic mass is 10.1. The van der Waals surface area contributed by atoms with Gasteiger partial charge in [-0.2, -0.15) is 0 Å². The lowest BCUT2D eigenvalue weighted by molar-refractivity contribution is -0.385. The van der Waals surface area contributed by atoms with Crippen LogP contribution in [0, 0.1) is 10.1 Å². The summed E-state index contributed by atoms with van der Waals surface area (Å²) in [4.78, 5) is 25.6. The molecule has 27 heavy (non-hydrogen) atoms. The molecule has 0 aromatic heterocycles. The molecule has 148 valence electrons. The van der Waals surface area contributed by atoms with E-state index in [2.05, 4.69) is 6.58 Å². The van der Waals surface area contributed by atoms with Gasteiger partial charge in [0.15, 0.2) is 17.8 Å². The Balaban J connectivity index is 2.44. The Labute approximate surface area is 157 Å². The van der Waals surface area contributed by atoms with E-state index in [1.807, 2.05) is 0 Å². The quantitative estimate of drug-likeness (QED) is 0.281. The monoisotopic (exact) mass is 380 g/mol. The Morgan fingerprint density at radius 3 is 2.63 bits per heavy atom. The Morgan fingerprint density at radius 1 is 1.37 bits per heavy atom. The Morgan fingerprint density at radius 2 is 2.07 bits per heavy atom. The molecule has 1 aromatic rings. The second-order valence-corrected chi connectivity index (χ2v) is 5.92. The van der Waals surface area contributed by atoms with Crippen molar-refractivity contribution in [2.24, 2.45) is 0 Å². The van der Waals surface area contributed by atoms with E-state index in [4.69, 9.17) is 18.9 Å². The van der Waals surface area contributed by atoms with Crippen molar-refractivity contribution in [2.45, 2.75) is 25.2 Å². The van der Waals surface area contributed by atoms with Gasteiger partial charge in [0, 0.05) is 26.8 Å². The van der Waals surface area contributed by atoms with Gasteiger partial charge in [-0.3, -0.25) is 14.9 Å². The summed E-state index contributed by atoms with van der Waals surface area (Å²) in [6.45, 7) is 4.15. The number of nitro benzene ring substituents is 1. The molecule has 1 fully saturated rings. The third-order valence-corrected chi connectivity index (χ3v) is 4.40. The Bertz CT molecular complexity index is 703. The van der Waals surface area contributed by atoms with Crippen LogP contribution in [-0.2, 0) is 9.47 Å². The molecule has 1 aromatic carbocycles. The summed E-state index contributed by atoms with van der Waals surface area (Å²) < 4.78 is 21.2. The molecule has 2 rings (SSSR count). The van der Waals surface area contributed by atoms with Crippen molar-refractivity contribution in [1.29, 1.82) is 0 Å². The number of carbonyl (C=O) groups excluding carboxylic acids is 1. The molecular weight excluding hydrogens is 356 g/mol. The minimum atomic E-state index is -0.608. The van der Waals surface area contributed by atoms with E-state index in [0.717, 1.165) is 6.42 Å². The first kappa shape index (κ1) is 20.7. The largest absolute Gasteiger partial charge is 0.493 e. The van der Waals surface area contributed by atoms with Crippen LogP contribution in [0.2, 0.25) is 0 Å². The molecule has 0 N–H and O–H groups in total. The number of amides is 1. The van der Waals surface area contributed by atoms with Crippen LogP contribution in [0.4, 0.5) is 5.69 Å². The highest BCUT2D eigenvalue weighted by Gasteiger charge is 2.38. The maximum absolute atomic E-state index is 13.1. The van der Waals surface area contributed by atoms with Crippen LogP contribution in [-0.4, -0.2) is 62.5 Å². The van der Waals surface area contributed by atoms with Crippen LogP contribution in [0.25, 0.3) is 0 Å². The molecule has 9 nitrogen and oxygen atoms in total. The number of rotatable bonds is 9. The zero-order chi connectivity index (χ0) is 20.0. The third kappa shape index (κ3) is 4.37. The van der Waals surface area contributed by atoms with Crippen molar-refractivity contribution in [3.63, 3.8) is 0 Å². The predicted molar refractivity (Wildman–Crippen MR) is 97.2 cm³/mol. The average molecular weight is 380 g/mol. The maximum Gasteiger partial charge on any atom is 0.286 e. The minimum Gasteiger partial charge on any atom is -0.493 e.